The summed E-state index contributed by atoms with van der Waals surface area (Å²) in [6.07, 6.45) is 3.41. The SMILES string of the molecule is CCCC(C)(NC(=O)c1ccncc1O)C(=O)O. The Hall–Kier alpha value is -2.11. The maximum atomic E-state index is 11.9. The Morgan fingerprint density at radius 1 is 1.50 bits per heavy atom. The Morgan fingerprint density at radius 3 is 2.67 bits per heavy atom. The molecule has 1 amide bonds. The number of hydrogen-bond donors (Lipinski definition) is 3. The highest BCUT2D eigenvalue weighted by Crippen LogP contribution is 2.18. The van der Waals surface area contributed by atoms with E-state index >= 15 is 0 Å². The van der Waals surface area contributed by atoms with Gasteiger partial charge in [-0.1, -0.05) is 13.3 Å². The predicted octanol–water partition coefficient (Wildman–Crippen LogP) is 1.16. The number of nitrogens with zero attached hydrogens (tertiary/aromatic N) is 1. The lowest BCUT2D eigenvalue weighted by atomic mass is 9.96. The largest absolute Gasteiger partial charge is 0.505 e. The second kappa shape index (κ2) is 5.48. The van der Waals surface area contributed by atoms with Gasteiger partial charge in [-0.25, -0.2) is 4.79 Å². The molecule has 1 unspecified atom stereocenters. The van der Waals surface area contributed by atoms with Crippen LogP contribution in [0.25, 0.3) is 0 Å². The molecule has 0 saturated carbocycles. The van der Waals surface area contributed by atoms with Crippen LogP contribution in [0.2, 0.25) is 0 Å². The summed E-state index contributed by atoms with van der Waals surface area (Å²) >= 11 is 0. The number of nitrogens with one attached hydrogen (secondary N) is 1. The molecule has 3 N–H and O–H groups in total. The fourth-order valence-corrected chi connectivity index (χ4v) is 1.62. The third-order valence-corrected chi connectivity index (χ3v) is 2.66. The molecule has 0 aromatic carbocycles. The highest BCUT2D eigenvalue weighted by molar-refractivity contribution is 5.99. The minimum Gasteiger partial charge on any atom is -0.505 e. The zero-order chi connectivity index (χ0) is 13.8. The van der Waals surface area contributed by atoms with Crippen molar-refractivity contribution in [3.8, 4) is 5.75 Å². The molecule has 0 spiro atoms. The number of aromatic hydroxyl groups is 1. The molecule has 0 aliphatic heterocycles. The van der Waals surface area contributed by atoms with Crippen LogP contribution in [-0.4, -0.2) is 32.6 Å². The summed E-state index contributed by atoms with van der Waals surface area (Å²) in [7, 11) is 0. The highest BCUT2D eigenvalue weighted by Gasteiger charge is 2.34. The number of carbonyl (C=O) groups excluding carboxylic acids is 1. The number of carboxylic acids is 1. The molecule has 1 heterocycles. The summed E-state index contributed by atoms with van der Waals surface area (Å²) in [6.45, 7) is 3.27. The average Bonchev–Trinajstić information content (AvgIpc) is 2.29. The summed E-state index contributed by atoms with van der Waals surface area (Å²) in [6, 6.07) is 1.33. The van der Waals surface area contributed by atoms with Gasteiger partial charge < -0.3 is 15.5 Å². The number of carbonyl (C=O) groups is 2. The Morgan fingerprint density at radius 2 is 2.17 bits per heavy atom. The zero-order valence-electron chi connectivity index (χ0n) is 10.3. The molecule has 6 nitrogen and oxygen atoms in total. The van der Waals surface area contributed by atoms with Gasteiger partial charge >= 0.3 is 5.97 Å². The van der Waals surface area contributed by atoms with E-state index in [0.29, 0.717) is 12.8 Å². The summed E-state index contributed by atoms with van der Waals surface area (Å²) in [5, 5.41) is 21.0. The van der Waals surface area contributed by atoms with Gasteiger partial charge in [-0.2, -0.15) is 0 Å². The van der Waals surface area contributed by atoms with Gasteiger partial charge in [0.2, 0.25) is 0 Å². The number of aliphatic carboxylic acids is 1. The second-order valence-electron chi connectivity index (χ2n) is 4.23. The Labute approximate surface area is 105 Å². The second-order valence-corrected chi connectivity index (χ2v) is 4.23. The van der Waals surface area contributed by atoms with Crippen LogP contribution in [0.1, 0.15) is 37.0 Å². The molecule has 98 valence electrons. The molecule has 1 aromatic rings. The van der Waals surface area contributed by atoms with Crippen LogP contribution in [0.5, 0.6) is 5.75 Å². The number of pyridine rings is 1. The minimum absolute atomic E-state index is 0.00794. The van der Waals surface area contributed by atoms with Gasteiger partial charge in [0.15, 0.2) is 0 Å². The first-order valence-electron chi connectivity index (χ1n) is 5.59. The third-order valence-electron chi connectivity index (χ3n) is 2.66. The van der Waals surface area contributed by atoms with Crippen molar-refractivity contribution >= 4 is 11.9 Å². The van der Waals surface area contributed by atoms with Crippen molar-refractivity contribution in [2.24, 2.45) is 0 Å². The molecule has 1 aromatic heterocycles. The number of amides is 1. The van der Waals surface area contributed by atoms with Gasteiger partial charge in [0.05, 0.1) is 11.8 Å². The van der Waals surface area contributed by atoms with Crippen molar-refractivity contribution in [1.82, 2.24) is 10.3 Å². The van der Waals surface area contributed by atoms with Gasteiger partial charge in [-0.15, -0.1) is 0 Å². The summed E-state index contributed by atoms with van der Waals surface area (Å²) in [5.41, 5.74) is -1.34. The first-order valence-corrected chi connectivity index (χ1v) is 5.59. The van der Waals surface area contributed by atoms with Gasteiger partial charge in [0.1, 0.15) is 11.3 Å². The molecule has 0 aliphatic rings. The first-order chi connectivity index (χ1) is 8.40. The van der Waals surface area contributed by atoms with E-state index in [0.717, 1.165) is 6.20 Å². The standard InChI is InChI=1S/C12H16N2O4/c1-3-5-12(2,11(17)18)14-10(16)8-4-6-13-7-9(8)15/h4,6-7,15H,3,5H2,1-2H3,(H,14,16)(H,17,18). The van der Waals surface area contributed by atoms with Gasteiger partial charge in [0, 0.05) is 6.20 Å². The van der Waals surface area contributed by atoms with E-state index in [1.165, 1.54) is 19.2 Å². The monoisotopic (exact) mass is 252 g/mol. The first kappa shape index (κ1) is 14.0. The van der Waals surface area contributed by atoms with Crippen molar-refractivity contribution in [1.29, 1.82) is 0 Å². The lowest BCUT2D eigenvalue weighted by Gasteiger charge is -2.25. The fraction of sp³-hybridized carbons (Fsp3) is 0.417. The predicted molar refractivity (Wildman–Crippen MR) is 64.3 cm³/mol. The lowest BCUT2D eigenvalue weighted by Crippen LogP contribution is -2.52. The zero-order valence-corrected chi connectivity index (χ0v) is 10.3. The van der Waals surface area contributed by atoms with Crippen LogP contribution in [0.15, 0.2) is 18.5 Å². The number of carboxylic acid groups (broad SMARTS) is 1. The van der Waals surface area contributed by atoms with E-state index in [1.54, 1.807) is 0 Å². The van der Waals surface area contributed by atoms with Crippen molar-refractivity contribution < 1.29 is 19.8 Å². The third kappa shape index (κ3) is 2.97. The average molecular weight is 252 g/mol. The molecule has 1 rings (SSSR count). The van der Waals surface area contributed by atoms with Crippen LogP contribution in [0, 0.1) is 0 Å². The van der Waals surface area contributed by atoms with Gasteiger partial charge in [0.25, 0.3) is 5.91 Å². The van der Waals surface area contributed by atoms with Crippen LogP contribution in [0.3, 0.4) is 0 Å². The highest BCUT2D eigenvalue weighted by atomic mass is 16.4. The normalized spacial score (nSPS) is 13.7. The summed E-state index contributed by atoms with van der Waals surface area (Å²) in [5.74, 6) is -2.02. The van der Waals surface area contributed by atoms with Crippen molar-refractivity contribution in [2.75, 3.05) is 0 Å². The topological polar surface area (TPSA) is 99.5 Å². The molecule has 0 bridgehead atoms. The molecular weight excluding hydrogens is 236 g/mol. The summed E-state index contributed by atoms with van der Waals surface area (Å²) in [4.78, 5) is 26.7. The Kier molecular flexibility index (Phi) is 4.25. The van der Waals surface area contributed by atoms with E-state index < -0.39 is 17.4 Å². The Balaban J connectivity index is 2.93. The summed E-state index contributed by atoms with van der Waals surface area (Å²) < 4.78 is 0. The van der Waals surface area contributed by atoms with E-state index in [1.807, 2.05) is 6.92 Å². The Bertz CT molecular complexity index is 461. The number of hydrogen-bond acceptors (Lipinski definition) is 4. The van der Waals surface area contributed by atoms with Crippen LogP contribution < -0.4 is 5.32 Å². The molecule has 0 aliphatic carbocycles. The van der Waals surface area contributed by atoms with E-state index in [4.69, 9.17) is 5.11 Å². The molecule has 0 saturated heterocycles. The van der Waals surface area contributed by atoms with Crippen LogP contribution in [0.4, 0.5) is 0 Å². The molecule has 1 atom stereocenters. The molecule has 6 heteroatoms. The molecule has 18 heavy (non-hydrogen) atoms. The van der Waals surface area contributed by atoms with Crippen LogP contribution >= 0.6 is 0 Å². The van der Waals surface area contributed by atoms with Gasteiger partial charge in [-0.05, 0) is 19.4 Å². The number of aromatic nitrogens is 1. The molecular formula is C12H16N2O4. The molecule has 0 radical (unpaired) electrons. The number of rotatable bonds is 5. The quantitative estimate of drug-likeness (QED) is 0.730. The fourth-order valence-electron chi connectivity index (χ4n) is 1.62. The van der Waals surface area contributed by atoms with Crippen molar-refractivity contribution in [3.63, 3.8) is 0 Å². The van der Waals surface area contributed by atoms with Gasteiger partial charge in [-0.3, -0.25) is 9.78 Å². The minimum atomic E-state index is -1.35. The maximum absolute atomic E-state index is 11.9. The van der Waals surface area contributed by atoms with Crippen LogP contribution in [-0.2, 0) is 4.79 Å². The van der Waals surface area contributed by atoms with Crippen molar-refractivity contribution in [2.45, 2.75) is 32.2 Å². The van der Waals surface area contributed by atoms with Crippen molar-refractivity contribution in [3.05, 3.63) is 24.0 Å². The van der Waals surface area contributed by atoms with E-state index in [2.05, 4.69) is 10.3 Å². The smallest absolute Gasteiger partial charge is 0.329 e. The lowest BCUT2D eigenvalue weighted by molar-refractivity contribution is -0.144. The van der Waals surface area contributed by atoms with E-state index in [-0.39, 0.29) is 11.3 Å². The maximum Gasteiger partial charge on any atom is 0.329 e. The van der Waals surface area contributed by atoms with E-state index in [9.17, 15) is 14.7 Å². The molecule has 0 fully saturated rings.